The van der Waals surface area contributed by atoms with E-state index in [1.807, 2.05) is 0 Å². The van der Waals surface area contributed by atoms with Gasteiger partial charge in [-0.15, -0.1) is 0 Å². The number of ether oxygens (including phenoxy) is 1. The number of hydrogen-bond donors (Lipinski definition) is 1. The third kappa shape index (κ3) is 4.78. The lowest BCUT2D eigenvalue weighted by molar-refractivity contribution is -0.384. The van der Waals surface area contributed by atoms with Crippen LogP contribution >= 0.6 is 0 Å². The van der Waals surface area contributed by atoms with Crippen LogP contribution in [0.4, 0.5) is 17.1 Å². The van der Waals surface area contributed by atoms with Crippen molar-refractivity contribution in [1.29, 1.82) is 0 Å². The van der Waals surface area contributed by atoms with Gasteiger partial charge in [0.25, 0.3) is 11.2 Å². The number of carbonyl (C=O) groups is 1. The van der Waals surface area contributed by atoms with Crippen molar-refractivity contribution in [2.24, 2.45) is 7.05 Å². The second-order valence-electron chi connectivity index (χ2n) is 7.37. The normalized spacial score (nSPS) is 11.2. The molecule has 0 saturated carbocycles. The Morgan fingerprint density at radius 3 is 2.41 bits per heavy atom. The van der Waals surface area contributed by atoms with Gasteiger partial charge in [0, 0.05) is 19.2 Å². The summed E-state index contributed by atoms with van der Waals surface area (Å²) in [5.41, 5.74) is -0.0525. The molecule has 13 heteroatoms. The number of carbonyl (C=O) groups excluding carboxylic acids is 1. The topological polar surface area (TPSA) is 146 Å². The van der Waals surface area contributed by atoms with E-state index < -0.39 is 33.0 Å². The molecule has 0 aliphatic heterocycles. The van der Waals surface area contributed by atoms with E-state index in [1.54, 1.807) is 49.0 Å². The molecule has 0 aliphatic carbocycles. The molecule has 0 radical (unpaired) electrons. The first-order chi connectivity index (χ1) is 16.0. The van der Waals surface area contributed by atoms with Crippen LogP contribution in [0.15, 0.2) is 53.3 Å². The molecule has 1 N–H and O–H groups in total. The number of hydrogen-bond acceptors (Lipinski definition) is 7. The fraction of sp³-hybridized carbons (Fsp3) is 0.238. The quantitative estimate of drug-likeness (QED) is 0.375. The number of rotatable bonds is 8. The molecule has 1 heterocycles. The minimum atomic E-state index is -4.07. The minimum Gasteiger partial charge on any atom is -0.495 e. The van der Waals surface area contributed by atoms with E-state index in [-0.39, 0.29) is 22.8 Å². The van der Waals surface area contributed by atoms with E-state index in [4.69, 9.17) is 4.74 Å². The van der Waals surface area contributed by atoms with Crippen LogP contribution in [0.3, 0.4) is 0 Å². The Labute approximate surface area is 195 Å². The van der Waals surface area contributed by atoms with Gasteiger partial charge < -0.3 is 10.1 Å². The van der Waals surface area contributed by atoms with Crippen molar-refractivity contribution in [2.45, 2.75) is 6.92 Å². The predicted molar refractivity (Wildman–Crippen MR) is 126 cm³/mol. The summed E-state index contributed by atoms with van der Waals surface area (Å²) in [5.74, 6) is -0.795. The van der Waals surface area contributed by atoms with E-state index in [1.165, 1.54) is 17.9 Å². The lowest BCUT2D eigenvalue weighted by atomic mass is 10.2. The number of aromatic nitrogens is 2. The number of non-ortho nitro benzene ring substituents is 1. The molecule has 34 heavy (non-hydrogen) atoms. The van der Waals surface area contributed by atoms with Crippen LogP contribution in [0.1, 0.15) is 5.69 Å². The summed E-state index contributed by atoms with van der Waals surface area (Å²) in [6.45, 7) is 0.893. The molecule has 0 aliphatic rings. The van der Waals surface area contributed by atoms with Crippen molar-refractivity contribution in [3.63, 3.8) is 0 Å². The van der Waals surface area contributed by atoms with Gasteiger partial charge in [0.2, 0.25) is 15.9 Å². The van der Waals surface area contributed by atoms with Gasteiger partial charge >= 0.3 is 0 Å². The fourth-order valence-corrected chi connectivity index (χ4v) is 4.24. The molecule has 0 spiro atoms. The van der Waals surface area contributed by atoms with Gasteiger partial charge in [-0.25, -0.2) is 13.1 Å². The summed E-state index contributed by atoms with van der Waals surface area (Å²) in [6.07, 6.45) is 0.856. The van der Waals surface area contributed by atoms with Crippen LogP contribution in [0.25, 0.3) is 5.69 Å². The summed E-state index contributed by atoms with van der Waals surface area (Å²) in [7, 11) is -1.15. The maximum absolute atomic E-state index is 13.0. The first-order valence-electron chi connectivity index (χ1n) is 9.89. The van der Waals surface area contributed by atoms with E-state index in [9.17, 15) is 28.1 Å². The zero-order valence-electron chi connectivity index (χ0n) is 18.9. The monoisotopic (exact) mass is 489 g/mol. The number of nitro benzene ring substituents is 1. The molecule has 0 saturated heterocycles. The zero-order chi connectivity index (χ0) is 25.2. The first kappa shape index (κ1) is 24.5. The maximum Gasteiger partial charge on any atom is 0.295 e. The lowest BCUT2D eigenvalue weighted by Crippen LogP contribution is -2.38. The van der Waals surface area contributed by atoms with Crippen molar-refractivity contribution in [3.8, 4) is 11.4 Å². The summed E-state index contributed by atoms with van der Waals surface area (Å²) in [5, 5.41) is 13.7. The van der Waals surface area contributed by atoms with Crippen molar-refractivity contribution in [2.75, 3.05) is 29.5 Å². The lowest BCUT2D eigenvalue weighted by Gasteiger charge is -2.23. The highest BCUT2D eigenvalue weighted by Crippen LogP contribution is 2.33. The molecule has 180 valence electrons. The van der Waals surface area contributed by atoms with Crippen molar-refractivity contribution < 1.29 is 22.9 Å². The molecule has 3 aromatic rings. The zero-order valence-corrected chi connectivity index (χ0v) is 19.7. The van der Waals surface area contributed by atoms with Gasteiger partial charge in [0.05, 0.1) is 29.7 Å². The number of methoxy groups -OCH3 is 1. The Balaban J connectivity index is 1.98. The number of nitrogens with one attached hydrogen (secondary N) is 1. The molecule has 12 nitrogen and oxygen atoms in total. The van der Waals surface area contributed by atoms with E-state index in [2.05, 4.69) is 5.32 Å². The number of para-hydroxylation sites is 1. The summed E-state index contributed by atoms with van der Waals surface area (Å²) in [4.78, 5) is 36.4. The van der Waals surface area contributed by atoms with Crippen molar-refractivity contribution >= 4 is 33.0 Å². The number of amides is 1. The second-order valence-corrected chi connectivity index (χ2v) is 9.27. The molecule has 1 aromatic heterocycles. The van der Waals surface area contributed by atoms with E-state index >= 15 is 0 Å². The fourth-order valence-electron chi connectivity index (χ4n) is 3.39. The van der Waals surface area contributed by atoms with Crippen molar-refractivity contribution in [3.05, 3.63) is 74.7 Å². The van der Waals surface area contributed by atoms with Gasteiger partial charge in [-0.3, -0.25) is 28.7 Å². The first-order valence-corrected chi connectivity index (χ1v) is 11.7. The molecule has 0 unspecified atom stereocenters. The Kier molecular flexibility index (Phi) is 6.77. The molecule has 0 atom stereocenters. The molecular weight excluding hydrogens is 466 g/mol. The SMILES string of the molecule is COc1ccc([N+](=O)[O-])cc1N(CC(=O)Nc1c(C)n(C)n(-c2ccccc2)c1=O)S(C)(=O)=O. The van der Waals surface area contributed by atoms with Crippen LogP contribution in [0.2, 0.25) is 0 Å². The molecule has 0 bridgehead atoms. The smallest absolute Gasteiger partial charge is 0.295 e. The summed E-state index contributed by atoms with van der Waals surface area (Å²) >= 11 is 0. The number of benzene rings is 2. The standard InChI is InChI=1S/C21H23N5O7S/c1-14-20(21(28)25(23(14)2)15-8-6-5-7-9-15)22-19(27)13-24(34(4,31)32)17-12-16(26(29)30)10-11-18(17)33-3/h5-12H,13H2,1-4H3,(H,22,27). The third-order valence-electron chi connectivity index (χ3n) is 5.15. The van der Waals surface area contributed by atoms with Crippen LogP contribution < -0.4 is 19.9 Å². The summed E-state index contributed by atoms with van der Waals surface area (Å²) in [6, 6.07) is 12.2. The van der Waals surface area contributed by atoms with E-state index in [0.717, 1.165) is 18.4 Å². The maximum atomic E-state index is 13.0. The minimum absolute atomic E-state index is 0.0178. The van der Waals surface area contributed by atoms with Gasteiger partial charge in [0.15, 0.2) is 0 Å². The van der Waals surface area contributed by atoms with Crippen LogP contribution in [0.5, 0.6) is 5.75 Å². The average Bonchev–Trinajstić information content (AvgIpc) is 2.99. The third-order valence-corrected chi connectivity index (χ3v) is 6.27. The van der Waals surface area contributed by atoms with Crippen LogP contribution in [0, 0.1) is 17.0 Å². The predicted octanol–water partition coefficient (Wildman–Crippen LogP) is 1.81. The van der Waals surface area contributed by atoms with Crippen LogP contribution in [-0.2, 0) is 21.9 Å². The largest absolute Gasteiger partial charge is 0.495 e. The van der Waals surface area contributed by atoms with Gasteiger partial charge in [-0.2, -0.15) is 0 Å². The van der Waals surface area contributed by atoms with E-state index in [0.29, 0.717) is 15.7 Å². The Morgan fingerprint density at radius 1 is 1.21 bits per heavy atom. The van der Waals surface area contributed by atoms with Gasteiger partial charge in [0.1, 0.15) is 23.7 Å². The summed E-state index contributed by atoms with van der Waals surface area (Å²) < 4.78 is 33.7. The number of nitrogens with zero attached hydrogens (tertiary/aromatic N) is 4. The molecule has 2 aromatic carbocycles. The van der Waals surface area contributed by atoms with Crippen molar-refractivity contribution in [1.82, 2.24) is 9.36 Å². The number of nitro groups is 1. The second kappa shape index (κ2) is 9.39. The molecule has 0 fully saturated rings. The van der Waals surface area contributed by atoms with Gasteiger partial charge in [-0.05, 0) is 25.1 Å². The molecule has 1 amide bonds. The Morgan fingerprint density at radius 2 is 1.85 bits per heavy atom. The molecule has 3 rings (SSSR count). The number of anilines is 2. The number of sulfonamides is 1. The highest BCUT2D eigenvalue weighted by Gasteiger charge is 2.27. The highest BCUT2D eigenvalue weighted by atomic mass is 32.2. The Bertz CT molecular complexity index is 1410. The van der Waals surface area contributed by atoms with Crippen LogP contribution in [-0.4, -0.2) is 48.5 Å². The Hall–Kier alpha value is -4.13. The highest BCUT2D eigenvalue weighted by molar-refractivity contribution is 7.92. The average molecular weight is 490 g/mol. The van der Waals surface area contributed by atoms with Gasteiger partial charge in [-0.1, -0.05) is 18.2 Å². The molecular formula is C21H23N5O7S.